The lowest BCUT2D eigenvalue weighted by molar-refractivity contribution is 0.0893. The molecule has 0 aromatic carbocycles. The predicted octanol–water partition coefficient (Wildman–Crippen LogP) is 2.35. The van der Waals surface area contributed by atoms with Crippen molar-refractivity contribution in [2.24, 2.45) is 22.6 Å². The fraction of sp³-hybridized carbons (Fsp3) is 0.923. The lowest BCUT2D eigenvalue weighted by atomic mass is 9.99. The van der Waals surface area contributed by atoms with Gasteiger partial charge in [0.25, 0.3) is 0 Å². The van der Waals surface area contributed by atoms with Crippen LogP contribution in [-0.4, -0.2) is 25.1 Å². The van der Waals surface area contributed by atoms with Gasteiger partial charge in [0, 0.05) is 25.0 Å². The van der Waals surface area contributed by atoms with Gasteiger partial charge in [-0.15, -0.1) is 0 Å². The molecular weight excluding hydrogens is 200 g/mol. The van der Waals surface area contributed by atoms with Gasteiger partial charge >= 0.3 is 0 Å². The Kier molecular flexibility index (Phi) is 4.22. The van der Waals surface area contributed by atoms with Gasteiger partial charge in [-0.25, -0.2) is 0 Å². The summed E-state index contributed by atoms with van der Waals surface area (Å²) >= 11 is 0. The molecule has 0 radical (unpaired) electrons. The number of ether oxygens (including phenoxy) is 1. The molecule has 0 aromatic rings. The van der Waals surface area contributed by atoms with E-state index in [1.165, 1.54) is 25.7 Å². The number of amidine groups is 1. The van der Waals surface area contributed by atoms with Gasteiger partial charge < -0.3 is 10.5 Å². The Morgan fingerprint density at radius 3 is 2.75 bits per heavy atom. The van der Waals surface area contributed by atoms with Crippen molar-refractivity contribution in [3.63, 3.8) is 0 Å². The van der Waals surface area contributed by atoms with Crippen molar-refractivity contribution in [3.8, 4) is 0 Å². The smallest absolute Gasteiger partial charge is 0.0968 e. The van der Waals surface area contributed by atoms with Gasteiger partial charge in [-0.3, -0.25) is 4.99 Å². The van der Waals surface area contributed by atoms with Crippen molar-refractivity contribution in [2.45, 2.75) is 51.6 Å². The van der Waals surface area contributed by atoms with E-state index < -0.39 is 0 Å². The van der Waals surface area contributed by atoms with Crippen LogP contribution in [-0.2, 0) is 4.74 Å². The van der Waals surface area contributed by atoms with Crippen LogP contribution in [0.5, 0.6) is 0 Å². The van der Waals surface area contributed by atoms with Crippen molar-refractivity contribution in [1.82, 2.24) is 0 Å². The Morgan fingerprint density at radius 1 is 1.31 bits per heavy atom. The molecule has 16 heavy (non-hydrogen) atoms. The Hall–Kier alpha value is -0.570. The van der Waals surface area contributed by atoms with Gasteiger partial charge in [-0.05, 0) is 25.7 Å². The first-order chi connectivity index (χ1) is 7.81. The minimum absolute atomic E-state index is 0.417. The molecule has 0 aromatic heterocycles. The molecule has 1 saturated heterocycles. The number of hydrogen-bond donors (Lipinski definition) is 1. The molecule has 2 fully saturated rings. The molecule has 2 atom stereocenters. The maximum atomic E-state index is 6.05. The summed E-state index contributed by atoms with van der Waals surface area (Å²) < 4.78 is 5.66. The molecule has 0 spiro atoms. The molecule has 1 aliphatic heterocycles. The third-order valence-electron chi connectivity index (χ3n) is 4.03. The van der Waals surface area contributed by atoms with Crippen LogP contribution in [0.2, 0.25) is 0 Å². The lowest BCUT2D eigenvalue weighted by Crippen LogP contribution is -2.24. The van der Waals surface area contributed by atoms with Gasteiger partial charge in [-0.2, -0.15) is 0 Å². The van der Waals surface area contributed by atoms with Crippen LogP contribution >= 0.6 is 0 Å². The average molecular weight is 224 g/mol. The van der Waals surface area contributed by atoms with E-state index in [1.807, 2.05) is 0 Å². The molecule has 3 nitrogen and oxygen atoms in total. The summed E-state index contributed by atoms with van der Waals surface area (Å²) in [6.45, 7) is 3.97. The summed E-state index contributed by atoms with van der Waals surface area (Å²) in [5.74, 6) is 2.08. The van der Waals surface area contributed by atoms with E-state index in [0.29, 0.717) is 17.9 Å². The first-order valence-electron chi connectivity index (χ1n) is 6.72. The van der Waals surface area contributed by atoms with Gasteiger partial charge in [-0.1, -0.05) is 19.8 Å². The first kappa shape index (κ1) is 11.9. The molecular formula is C13H24N2O. The second-order valence-corrected chi connectivity index (χ2v) is 5.11. The van der Waals surface area contributed by atoms with E-state index in [1.54, 1.807) is 0 Å². The lowest BCUT2D eigenvalue weighted by Gasteiger charge is -2.15. The van der Waals surface area contributed by atoms with Gasteiger partial charge in [0.15, 0.2) is 0 Å². The summed E-state index contributed by atoms with van der Waals surface area (Å²) in [6.07, 6.45) is 7.81. The van der Waals surface area contributed by atoms with Crippen LogP contribution in [0.4, 0.5) is 0 Å². The average Bonchev–Trinajstić information content (AvgIpc) is 2.96. The summed E-state index contributed by atoms with van der Waals surface area (Å²) in [5.41, 5.74) is 6.05. The van der Waals surface area contributed by atoms with E-state index >= 15 is 0 Å². The monoisotopic (exact) mass is 224 g/mol. The summed E-state index contributed by atoms with van der Waals surface area (Å²) in [7, 11) is 0. The number of nitrogens with two attached hydrogens (primary N) is 1. The molecule has 1 heterocycles. The zero-order valence-electron chi connectivity index (χ0n) is 10.3. The molecule has 92 valence electrons. The van der Waals surface area contributed by atoms with Crippen LogP contribution < -0.4 is 5.73 Å². The number of aliphatic imine (C=N–C) groups is 1. The Balaban J connectivity index is 1.82. The second kappa shape index (κ2) is 5.67. The zero-order chi connectivity index (χ0) is 11.4. The zero-order valence-corrected chi connectivity index (χ0v) is 10.3. The molecule has 1 aliphatic carbocycles. The highest BCUT2D eigenvalue weighted by Gasteiger charge is 2.26. The highest BCUT2D eigenvalue weighted by Crippen LogP contribution is 2.26. The Labute approximate surface area is 98.5 Å². The minimum Gasteiger partial charge on any atom is -0.387 e. The van der Waals surface area contributed by atoms with Crippen molar-refractivity contribution >= 4 is 5.84 Å². The molecule has 2 rings (SSSR count). The van der Waals surface area contributed by atoms with E-state index in [0.717, 1.165) is 31.8 Å². The molecule has 0 amide bonds. The van der Waals surface area contributed by atoms with Gasteiger partial charge in [0.1, 0.15) is 0 Å². The topological polar surface area (TPSA) is 47.6 Å². The van der Waals surface area contributed by atoms with E-state index in [4.69, 9.17) is 10.5 Å². The molecule has 2 N–H and O–H groups in total. The molecule has 2 unspecified atom stereocenters. The quantitative estimate of drug-likeness (QED) is 0.588. The summed E-state index contributed by atoms with van der Waals surface area (Å²) in [5, 5.41) is 0. The summed E-state index contributed by atoms with van der Waals surface area (Å²) in [6, 6.07) is 0. The molecule has 0 bridgehead atoms. The van der Waals surface area contributed by atoms with Crippen LogP contribution in [0.25, 0.3) is 0 Å². The first-order valence-corrected chi connectivity index (χ1v) is 6.72. The maximum Gasteiger partial charge on any atom is 0.0968 e. The van der Waals surface area contributed by atoms with Crippen LogP contribution in [0.15, 0.2) is 4.99 Å². The van der Waals surface area contributed by atoms with Crippen molar-refractivity contribution < 1.29 is 4.74 Å². The Morgan fingerprint density at radius 2 is 2.06 bits per heavy atom. The summed E-state index contributed by atoms with van der Waals surface area (Å²) in [4.78, 5) is 4.60. The van der Waals surface area contributed by atoms with Gasteiger partial charge in [0.05, 0.1) is 11.9 Å². The third-order valence-corrected chi connectivity index (χ3v) is 4.03. The number of rotatable bonds is 4. The fourth-order valence-electron chi connectivity index (χ4n) is 2.93. The molecule has 1 saturated carbocycles. The standard InChI is InChI=1S/C13H24N2O/c1-2-12-11(7-8-16-12)9-15-13(14)10-5-3-4-6-10/h10-12H,2-9H2,1H3,(H2,14,15). The predicted molar refractivity (Wildman–Crippen MR) is 66.6 cm³/mol. The van der Waals surface area contributed by atoms with E-state index in [2.05, 4.69) is 11.9 Å². The van der Waals surface area contributed by atoms with Crippen LogP contribution in [0.3, 0.4) is 0 Å². The van der Waals surface area contributed by atoms with Crippen molar-refractivity contribution in [3.05, 3.63) is 0 Å². The fourth-order valence-corrected chi connectivity index (χ4v) is 2.93. The second-order valence-electron chi connectivity index (χ2n) is 5.11. The van der Waals surface area contributed by atoms with E-state index in [9.17, 15) is 0 Å². The van der Waals surface area contributed by atoms with Crippen molar-refractivity contribution in [1.29, 1.82) is 0 Å². The normalized spacial score (nSPS) is 32.4. The van der Waals surface area contributed by atoms with Crippen molar-refractivity contribution in [2.75, 3.05) is 13.2 Å². The highest BCUT2D eigenvalue weighted by molar-refractivity contribution is 5.83. The van der Waals surface area contributed by atoms with Gasteiger partial charge in [0.2, 0.25) is 0 Å². The third kappa shape index (κ3) is 2.76. The largest absolute Gasteiger partial charge is 0.387 e. The number of hydrogen-bond acceptors (Lipinski definition) is 2. The van der Waals surface area contributed by atoms with Crippen LogP contribution in [0, 0.1) is 11.8 Å². The highest BCUT2D eigenvalue weighted by atomic mass is 16.5. The molecule has 3 heteroatoms. The van der Waals surface area contributed by atoms with Crippen LogP contribution in [0.1, 0.15) is 45.4 Å². The Bertz CT molecular complexity index is 246. The molecule has 2 aliphatic rings. The SMILES string of the molecule is CCC1OCCC1CN=C(N)C1CCCC1. The minimum atomic E-state index is 0.417. The van der Waals surface area contributed by atoms with E-state index in [-0.39, 0.29) is 0 Å². The number of nitrogens with zero attached hydrogens (tertiary/aromatic N) is 1. The maximum absolute atomic E-state index is 6.05.